The van der Waals surface area contributed by atoms with Crippen LogP contribution in [0.1, 0.15) is 38.2 Å². The van der Waals surface area contributed by atoms with Crippen molar-refractivity contribution in [1.29, 1.82) is 0 Å². The highest BCUT2D eigenvalue weighted by molar-refractivity contribution is 6.31. The van der Waals surface area contributed by atoms with Crippen molar-refractivity contribution in [3.8, 4) is 0 Å². The molecule has 1 saturated heterocycles. The molecule has 0 saturated carbocycles. The fourth-order valence-electron chi connectivity index (χ4n) is 3.69. The van der Waals surface area contributed by atoms with Crippen LogP contribution in [-0.2, 0) is 23.8 Å². The van der Waals surface area contributed by atoms with Gasteiger partial charge in [0.1, 0.15) is 6.61 Å². The van der Waals surface area contributed by atoms with Gasteiger partial charge in [-0.2, -0.15) is 0 Å². The fraction of sp³-hybridized carbons (Fsp3) is 0.429. The molecule has 1 N–H and O–H groups in total. The van der Waals surface area contributed by atoms with Gasteiger partial charge in [0, 0.05) is 23.0 Å². The zero-order chi connectivity index (χ0) is 20.3. The summed E-state index contributed by atoms with van der Waals surface area (Å²) in [4.78, 5) is 25.6. The van der Waals surface area contributed by atoms with Gasteiger partial charge in [0.05, 0.1) is 30.3 Å². The Morgan fingerprint density at radius 1 is 1.18 bits per heavy atom. The minimum Gasteiger partial charge on any atom is -0.466 e. The van der Waals surface area contributed by atoms with Crippen molar-refractivity contribution in [3.05, 3.63) is 57.4 Å². The van der Waals surface area contributed by atoms with Crippen molar-refractivity contribution in [2.24, 2.45) is 0 Å². The van der Waals surface area contributed by atoms with Crippen molar-refractivity contribution >= 4 is 23.5 Å². The lowest BCUT2D eigenvalue weighted by Gasteiger charge is -2.30. The Morgan fingerprint density at radius 3 is 2.46 bits per heavy atom. The summed E-state index contributed by atoms with van der Waals surface area (Å²) >= 11 is 6.43. The highest BCUT2D eigenvalue weighted by Gasteiger charge is 2.38. The number of halogens is 1. The number of rotatable bonds is 5. The molecule has 0 spiro atoms. The highest BCUT2D eigenvalue weighted by Crippen LogP contribution is 2.41. The first-order valence-corrected chi connectivity index (χ1v) is 9.61. The quantitative estimate of drug-likeness (QED) is 0.756. The van der Waals surface area contributed by atoms with Crippen molar-refractivity contribution < 1.29 is 23.8 Å². The molecule has 0 bridgehead atoms. The number of methoxy groups -OCH3 is 1. The Balaban J connectivity index is 1.99. The molecule has 150 valence electrons. The third kappa shape index (κ3) is 4.08. The summed E-state index contributed by atoms with van der Waals surface area (Å²) < 4.78 is 16.1. The summed E-state index contributed by atoms with van der Waals surface area (Å²) in [6, 6.07) is 7.15. The molecule has 6 nitrogen and oxygen atoms in total. The molecule has 0 aromatic heterocycles. The number of benzene rings is 1. The number of hydrogen-bond acceptors (Lipinski definition) is 6. The smallest absolute Gasteiger partial charge is 0.336 e. The van der Waals surface area contributed by atoms with Gasteiger partial charge >= 0.3 is 11.9 Å². The van der Waals surface area contributed by atoms with Crippen LogP contribution in [0.3, 0.4) is 0 Å². The number of carbonyl (C=O) groups is 2. The number of ether oxygens (including phenoxy) is 3. The molecule has 2 atom stereocenters. The van der Waals surface area contributed by atoms with Gasteiger partial charge in [-0.25, -0.2) is 9.59 Å². The summed E-state index contributed by atoms with van der Waals surface area (Å²) in [6.45, 7) is 4.42. The molecule has 28 heavy (non-hydrogen) atoms. The monoisotopic (exact) mass is 405 g/mol. The van der Waals surface area contributed by atoms with Crippen molar-refractivity contribution in [2.45, 2.75) is 38.7 Å². The molecule has 2 aliphatic heterocycles. The van der Waals surface area contributed by atoms with Gasteiger partial charge in [-0.1, -0.05) is 29.8 Å². The first kappa shape index (κ1) is 20.4. The average Bonchev–Trinajstić information content (AvgIpc) is 3.19. The topological polar surface area (TPSA) is 73.9 Å². The summed E-state index contributed by atoms with van der Waals surface area (Å²) in [5.41, 5.74) is 2.56. The second kappa shape index (κ2) is 8.80. The van der Waals surface area contributed by atoms with E-state index >= 15 is 0 Å². The zero-order valence-electron chi connectivity index (χ0n) is 16.2. The molecule has 3 rings (SSSR count). The van der Waals surface area contributed by atoms with Crippen LogP contribution in [-0.4, -0.2) is 38.4 Å². The Bertz CT molecular complexity index is 839. The number of esters is 2. The standard InChI is InChI=1S/C21H24ClNO5/c1-12-17(20(24)26-3)19(15-8-4-5-9-16(15)22)18(13(2)23-12)21(25)28-11-14-7-6-10-27-14/h4-5,8-9,14,19,23H,6-7,10-11H2,1-3H3/t14-,19+/m0/s1. The van der Waals surface area contributed by atoms with Crippen LogP contribution in [0.15, 0.2) is 46.8 Å². The van der Waals surface area contributed by atoms with E-state index < -0.39 is 17.9 Å². The van der Waals surface area contributed by atoms with E-state index in [2.05, 4.69) is 5.32 Å². The van der Waals surface area contributed by atoms with Crippen LogP contribution in [0, 0.1) is 0 Å². The zero-order valence-corrected chi connectivity index (χ0v) is 17.0. The number of nitrogens with one attached hydrogen (secondary N) is 1. The molecule has 0 amide bonds. The van der Waals surface area contributed by atoms with Crippen LogP contribution in [0.2, 0.25) is 5.02 Å². The summed E-state index contributed by atoms with van der Waals surface area (Å²) in [7, 11) is 1.31. The molecule has 1 aromatic carbocycles. The molecule has 2 heterocycles. The summed E-state index contributed by atoms with van der Waals surface area (Å²) in [5, 5.41) is 3.57. The minimum absolute atomic E-state index is 0.0856. The van der Waals surface area contributed by atoms with E-state index in [9.17, 15) is 9.59 Å². The molecule has 0 unspecified atom stereocenters. The van der Waals surface area contributed by atoms with Gasteiger partial charge in [0.2, 0.25) is 0 Å². The maximum Gasteiger partial charge on any atom is 0.336 e. The van der Waals surface area contributed by atoms with Crippen molar-refractivity contribution in [2.75, 3.05) is 20.3 Å². The second-order valence-electron chi connectivity index (χ2n) is 6.88. The van der Waals surface area contributed by atoms with Crippen LogP contribution in [0.5, 0.6) is 0 Å². The van der Waals surface area contributed by atoms with Crippen LogP contribution in [0.25, 0.3) is 0 Å². The van der Waals surface area contributed by atoms with E-state index in [4.69, 9.17) is 25.8 Å². The summed E-state index contributed by atoms with van der Waals surface area (Å²) in [5.74, 6) is -1.70. The highest BCUT2D eigenvalue weighted by atomic mass is 35.5. The molecule has 0 radical (unpaired) electrons. The largest absolute Gasteiger partial charge is 0.466 e. The molecule has 1 fully saturated rings. The van der Waals surface area contributed by atoms with E-state index in [1.54, 1.807) is 32.0 Å². The van der Waals surface area contributed by atoms with Crippen molar-refractivity contribution in [3.63, 3.8) is 0 Å². The average molecular weight is 406 g/mol. The van der Waals surface area contributed by atoms with Gasteiger partial charge in [0.25, 0.3) is 0 Å². The Morgan fingerprint density at radius 2 is 1.86 bits per heavy atom. The molecular weight excluding hydrogens is 382 g/mol. The van der Waals surface area contributed by atoms with Gasteiger partial charge < -0.3 is 19.5 Å². The van der Waals surface area contributed by atoms with Crippen LogP contribution >= 0.6 is 11.6 Å². The molecule has 1 aromatic rings. The minimum atomic E-state index is -0.681. The third-order valence-corrected chi connectivity index (χ3v) is 5.37. The molecule has 2 aliphatic rings. The number of allylic oxidation sites excluding steroid dienone is 2. The molecular formula is C21H24ClNO5. The Kier molecular flexibility index (Phi) is 6.42. The SMILES string of the molecule is COC(=O)C1=C(C)NC(C)=C(C(=O)OC[C@@H]2CCCO2)[C@@H]1c1ccccc1Cl. The lowest BCUT2D eigenvalue weighted by molar-refractivity contribution is -0.142. The van der Waals surface area contributed by atoms with E-state index in [1.165, 1.54) is 7.11 Å². The van der Waals surface area contributed by atoms with Gasteiger partial charge in [0.15, 0.2) is 0 Å². The van der Waals surface area contributed by atoms with E-state index in [1.807, 2.05) is 6.07 Å². The third-order valence-electron chi connectivity index (χ3n) is 5.03. The lowest BCUT2D eigenvalue weighted by atomic mass is 9.80. The van der Waals surface area contributed by atoms with Gasteiger partial charge in [-0.15, -0.1) is 0 Å². The predicted molar refractivity (Wildman–Crippen MR) is 105 cm³/mol. The Labute approximate surface area is 169 Å². The van der Waals surface area contributed by atoms with Crippen LogP contribution in [0.4, 0.5) is 0 Å². The second-order valence-corrected chi connectivity index (χ2v) is 7.29. The summed E-state index contributed by atoms with van der Waals surface area (Å²) in [6.07, 6.45) is 1.74. The Hall–Kier alpha value is -2.31. The molecule has 0 aliphatic carbocycles. The van der Waals surface area contributed by atoms with E-state index in [0.29, 0.717) is 39.7 Å². The van der Waals surface area contributed by atoms with Gasteiger partial charge in [-0.05, 0) is 38.3 Å². The lowest BCUT2D eigenvalue weighted by Crippen LogP contribution is -2.33. The number of carbonyl (C=O) groups excluding carboxylic acids is 2. The first-order chi connectivity index (χ1) is 13.4. The van der Waals surface area contributed by atoms with Gasteiger partial charge in [-0.3, -0.25) is 0 Å². The normalized spacial score (nSPS) is 22.1. The maximum absolute atomic E-state index is 13.0. The first-order valence-electron chi connectivity index (χ1n) is 9.24. The van der Waals surface area contributed by atoms with Crippen molar-refractivity contribution in [1.82, 2.24) is 5.32 Å². The van der Waals surface area contributed by atoms with Crippen LogP contribution < -0.4 is 5.32 Å². The maximum atomic E-state index is 13.0. The number of dihydropyridines is 1. The van der Waals surface area contributed by atoms with E-state index in [-0.39, 0.29) is 12.7 Å². The van der Waals surface area contributed by atoms with E-state index in [0.717, 1.165) is 12.8 Å². The predicted octanol–water partition coefficient (Wildman–Crippen LogP) is 3.47. The number of hydrogen-bond donors (Lipinski definition) is 1. The molecule has 7 heteroatoms. The fourth-order valence-corrected chi connectivity index (χ4v) is 3.93.